The van der Waals surface area contributed by atoms with Crippen molar-refractivity contribution in [2.45, 2.75) is 38.7 Å². The van der Waals surface area contributed by atoms with E-state index in [0.717, 1.165) is 24.8 Å². The molecule has 5 nitrogen and oxygen atoms in total. The number of benzene rings is 1. The third-order valence-corrected chi connectivity index (χ3v) is 3.39. The highest BCUT2D eigenvalue weighted by atomic mass is 35.5. The smallest absolute Gasteiger partial charge is 0.169 e. The van der Waals surface area contributed by atoms with Gasteiger partial charge in [-0.25, -0.2) is 5.84 Å². The summed E-state index contributed by atoms with van der Waals surface area (Å²) in [5, 5.41) is 15.9. The van der Waals surface area contributed by atoms with Gasteiger partial charge in [-0.15, -0.1) is 0 Å². The molecule has 1 aromatic carbocycles. The van der Waals surface area contributed by atoms with Gasteiger partial charge < -0.3 is 10.9 Å². The third-order valence-electron chi connectivity index (χ3n) is 3.15. The van der Waals surface area contributed by atoms with Gasteiger partial charge in [-0.3, -0.25) is 5.01 Å². The fourth-order valence-corrected chi connectivity index (χ4v) is 2.28. The van der Waals surface area contributed by atoms with Crippen LogP contribution in [0.5, 0.6) is 0 Å². The third kappa shape index (κ3) is 4.37. The van der Waals surface area contributed by atoms with Crippen molar-refractivity contribution in [3.8, 4) is 0 Å². The maximum atomic E-state index is 10.3. The van der Waals surface area contributed by atoms with E-state index in [1.807, 2.05) is 0 Å². The first-order chi connectivity index (χ1) is 9.51. The van der Waals surface area contributed by atoms with Crippen LogP contribution >= 0.6 is 11.6 Å². The van der Waals surface area contributed by atoms with Gasteiger partial charge in [0.1, 0.15) is 0 Å². The number of nitrogens with two attached hydrogens (primary N) is 2. The van der Waals surface area contributed by atoms with Gasteiger partial charge in [0, 0.05) is 17.6 Å². The number of hydrazine groups is 1. The average Bonchev–Trinajstić information content (AvgIpc) is 2.39. The number of nitrogens with zero attached hydrogens (tertiary/aromatic N) is 2. The molecule has 1 aromatic rings. The zero-order valence-corrected chi connectivity index (χ0v) is 12.8. The quantitative estimate of drug-likeness (QED) is 0.247. The molecule has 0 aliphatic carbocycles. The Kier molecular flexibility index (Phi) is 6.78. The minimum Gasteiger partial charge on any atom is -0.388 e. The van der Waals surface area contributed by atoms with Gasteiger partial charge in [0.2, 0.25) is 0 Å². The number of rotatable bonds is 6. The molecule has 1 atom stereocenters. The molecular formula is C14H23ClN4O. The Morgan fingerprint density at radius 3 is 2.70 bits per heavy atom. The van der Waals surface area contributed by atoms with Gasteiger partial charge in [-0.1, -0.05) is 43.9 Å². The summed E-state index contributed by atoms with van der Waals surface area (Å²) in [5.74, 6) is 11.5. The van der Waals surface area contributed by atoms with Gasteiger partial charge in [0.15, 0.2) is 5.84 Å². The second kappa shape index (κ2) is 8.09. The van der Waals surface area contributed by atoms with Crippen LogP contribution in [0.1, 0.15) is 49.8 Å². The van der Waals surface area contributed by atoms with Crippen molar-refractivity contribution >= 4 is 17.4 Å². The number of hydrogen-bond donors (Lipinski definition) is 3. The Morgan fingerprint density at radius 1 is 1.45 bits per heavy atom. The number of halogens is 1. The van der Waals surface area contributed by atoms with E-state index in [1.54, 1.807) is 25.2 Å². The zero-order chi connectivity index (χ0) is 15.1. The molecule has 0 saturated carbocycles. The molecule has 1 unspecified atom stereocenters. The Morgan fingerprint density at radius 2 is 2.15 bits per heavy atom. The average molecular weight is 299 g/mol. The molecule has 5 N–H and O–H groups in total. The molecule has 20 heavy (non-hydrogen) atoms. The summed E-state index contributed by atoms with van der Waals surface area (Å²) in [6.45, 7) is 2.13. The SMILES string of the molecule is CCCCCC(O)c1ccc(Cl)cc1/C(=N/N)N(C)N. The minimum atomic E-state index is -0.578. The Labute approximate surface area is 125 Å². The molecule has 0 bridgehead atoms. The minimum absolute atomic E-state index is 0.386. The molecule has 0 heterocycles. The van der Waals surface area contributed by atoms with Crippen molar-refractivity contribution in [2.75, 3.05) is 7.05 Å². The zero-order valence-electron chi connectivity index (χ0n) is 12.0. The molecule has 112 valence electrons. The molecule has 0 radical (unpaired) electrons. The number of aliphatic hydroxyl groups is 1. The van der Waals surface area contributed by atoms with Crippen LogP contribution in [0.4, 0.5) is 0 Å². The number of hydrazone groups is 1. The summed E-state index contributed by atoms with van der Waals surface area (Å²) < 4.78 is 0. The highest BCUT2D eigenvalue weighted by Crippen LogP contribution is 2.26. The maximum Gasteiger partial charge on any atom is 0.169 e. The highest BCUT2D eigenvalue weighted by Gasteiger charge is 2.18. The molecule has 6 heteroatoms. The number of hydrogen-bond acceptors (Lipinski definition) is 4. The summed E-state index contributed by atoms with van der Waals surface area (Å²) in [7, 11) is 1.64. The lowest BCUT2D eigenvalue weighted by Gasteiger charge is -2.20. The van der Waals surface area contributed by atoms with Crippen LogP contribution in [0.15, 0.2) is 23.3 Å². The largest absolute Gasteiger partial charge is 0.388 e. The van der Waals surface area contributed by atoms with Gasteiger partial charge in [-0.05, 0) is 24.1 Å². The van der Waals surface area contributed by atoms with E-state index in [1.165, 1.54) is 5.01 Å². The van der Waals surface area contributed by atoms with Crippen molar-refractivity contribution in [3.63, 3.8) is 0 Å². The van der Waals surface area contributed by atoms with Crippen LogP contribution in [0.3, 0.4) is 0 Å². The first kappa shape index (κ1) is 16.8. The fourth-order valence-electron chi connectivity index (χ4n) is 2.11. The van der Waals surface area contributed by atoms with Crippen LogP contribution < -0.4 is 11.7 Å². The summed E-state index contributed by atoms with van der Waals surface area (Å²) in [6, 6.07) is 5.26. The first-order valence-corrected chi connectivity index (χ1v) is 7.13. The van der Waals surface area contributed by atoms with Crippen molar-refractivity contribution in [2.24, 2.45) is 16.8 Å². The predicted molar refractivity (Wildman–Crippen MR) is 83.2 cm³/mol. The van der Waals surface area contributed by atoms with E-state index in [-0.39, 0.29) is 0 Å². The summed E-state index contributed by atoms with van der Waals surface area (Å²) in [5.41, 5.74) is 1.40. The lowest BCUT2D eigenvalue weighted by atomic mass is 9.97. The molecule has 0 amide bonds. The van der Waals surface area contributed by atoms with E-state index in [9.17, 15) is 5.11 Å². The van der Waals surface area contributed by atoms with E-state index in [4.69, 9.17) is 23.3 Å². The van der Waals surface area contributed by atoms with Crippen molar-refractivity contribution < 1.29 is 5.11 Å². The van der Waals surface area contributed by atoms with E-state index < -0.39 is 6.10 Å². The van der Waals surface area contributed by atoms with Crippen LogP contribution in [0.25, 0.3) is 0 Å². The van der Waals surface area contributed by atoms with Crippen LogP contribution in [-0.2, 0) is 0 Å². The molecule has 1 rings (SSSR count). The van der Waals surface area contributed by atoms with Crippen LogP contribution in [-0.4, -0.2) is 23.0 Å². The fraction of sp³-hybridized carbons (Fsp3) is 0.500. The van der Waals surface area contributed by atoms with Gasteiger partial charge in [-0.2, -0.15) is 5.10 Å². The highest BCUT2D eigenvalue weighted by molar-refractivity contribution is 6.31. The second-order valence-electron chi connectivity index (χ2n) is 4.81. The van der Waals surface area contributed by atoms with E-state index >= 15 is 0 Å². The Bertz CT molecular complexity index is 462. The number of aliphatic hydroxyl groups excluding tert-OH is 1. The first-order valence-electron chi connectivity index (χ1n) is 6.75. The van der Waals surface area contributed by atoms with Crippen LogP contribution in [0, 0.1) is 0 Å². The Hall–Kier alpha value is -1.30. The molecule has 0 aromatic heterocycles. The molecule has 0 aliphatic heterocycles. The topological polar surface area (TPSA) is 87.9 Å². The molecule has 0 aliphatic rings. The van der Waals surface area contributed by atoms with Crippen molar-refractivity contribution in [3.05, 3.63) is 34.3 Å². The van der Waals surface area contributed by atoms with Gasteiger partial charge in [0.25, 0.3) is 0 Å². The number of amidine groups is 1. The van der Waals surface area contributed by atoms with Crippen molar-refractivity contribution in [1.82, 2.24) is 5.01 Å². The summed E-state index contributed by atoms with van der Waals surface area (Å²) in [4.78, 5) is 0. The Balaban J connectivity index is 3.07. The lowest BCUT2D eigenvalue weighted by Crippen LogP contribution is -2.35. The van der Waals surface area contributed by atoms with E-state index in [0.29, 0.717) is 22.8 Å². The number of unbranched alkanes of at least 4 members (excludes halogenated alkanes) is 2. The maximum absolute atomic E-state index is 10.3. The standard InChI is InChI=1S/C14H23ClN4O/c1-3-4-5-6-13(20)11-8-7-10(15)9-12(11)14(18-16)19(2)17/h7-9,13,20H,3-6,16-17H2,1-2H3/b18-14-. The summed E-state index contributed by atoms with van der Waals surface area (Å²) >= 11 is 6.02. The van der Waals surface area contributed by atoms with Gasteiger partial charge in [0.05, 0.1) is 6.10 Å². The van der Waals surface area contributed by atoms with E-state index in [2.05, 4.69) is 12.0 Å². The predicted octanol–water partition coefficient (Wildman–Crippen LogP) is 2.38. The summed E-state index contributed by atoms with van der Waals surface area (Å²) in [6.07, 6.45) is 3.28. The monoisotopic (exact) mass is 298 g/mol. The van der Waals surface area contributed by atoms with Crippen molar-refractivity contribution in [1.29, 1.82) is 0 Å². The molecule has 0 fully saturated rings. The normalized spacial score (nSPS) is 13.3. The van der Waals surface area contributed by atoms with Crippen LogP contribution in [0.2, 0.25) is 5.02 Å². The lowest BCUT2D eigenvalue weighted by molar-refractivity contribution is 0.163. The second-order valence-corrected chi connectivity index (χ2v) is 5.24. The molecule has 0 spiro atoms. The van der Waals surface area contributed by atoms with Gasteiger partial charge >= 0.3 is 0 Å². The molecule has 0 saturated heterocycles. The molecular weight excluding hydrogens is 276 g/mol.